The van der Waals surface area contributed by atoms with Crippen molar-refractivity contribution in [3.8, 4) is 11.4 Å². The highest BCUT2D eigenvalue weighted by Gasteiger charge is 2.15. The fourth-order valence-corrected chi connectivity index (χ4v) is 2.59. The van der Waals surface area contributed by atoms with Crippen LogP contribution in [0, 0.1) is 5.82 Å². The van der Waals surface area contributed by atoms with Gasteiger partial charge in [0.05, 0.1) is 11.3 Å². The lowest BCUT2D eigenvalue weighted by molar-refractivity contribution is -0.119. The molecular formula is C15H19FN4OS. The second kappa shape index (κ2) is 7.40. The van der Waals surface area contributed by atoms with E-state index in [2.05, 4.69) is 15.5 Å². The van der Waals surface area contributed by atoms with Crippen molar-refractivity contribution < 1.29 is 9.18 Å². The topological polar surface area (TPSA) is 59.8 Å². The van der Waals surface area contributed by atoms with Gasteiger partial charge in [-0.3, -0.25) is 4.79 Å². The number of rotatable bonds is 6. The predicted octanol–water partition coefficient (Wildman–Crippen LogP) is 2.63. The van der Waals surface area contributed by atoms with E-state index in [1.807, 2.05) is 13.8 Å². The molecule has 0 radical (unpaired) electrons. The van der Waals surface area contributed by atoms with Crippen LogP contribution in [0.3, 0.4) is 0 Å². The normalized spacial score (nSPS) is 12.2. The number of amides is 1. The number of benzene rings is 1. The third-order valence-electron chi connectivity index (χ3n) is 3.30. The molecule has 1 N–H and O–H groups in total. The minimum atomic E-state index is -0.343. The van der Waals surface area contributed by atoms with Crippen molar-refractivity contribution in [1.29, 1.82) is 0 Å². The monoisotopic (exact) mass is 322 g/mol. The van der Waals surface area contributed by atoms with E-state index in [1.54, 1.807) is 29.8 Å². The quantitative estimate of drug-likeness (QED) is 0.831. The van der Waals surface area contributed by atoms with E-state index in [4.69, 9.17) is 0 Å². The van der Waals surface area contributed by atoms with Gasteiger partial charge in [-0.25, -0.2) is 4.39 Å². The Morgan fingerprint density at radius 3 is 2.82 bits per heavy atom. The summed E-state index contributed by atoms with van der Waals surface area (Å²) in [5.41, 5.74) is 0.397. The van der Waals surface area contributed by atoms with Crippen LogP contribution in [0.25, 0.3) is 11.4 Å². The fraction of sp³-hybridized carbons (Fsp3) is 0.400. The average Bonchev–Trinajstić information content (AvgIpc) is 2.86. The molecule has 7 heteroatoms. The van der Waals surface area contributed by atoms with Gasteiger partial charge in [-0.15, -0.1) is 10.2 Å². The Hall–Kier alpha value is -1.89. The molecule has 0 fully saturated rings. The SMILES string of the molecule is CC[C@@H](C)NC(=O)CSc1nnc(-c2ccccc2F)n1C. The molecule has 0 aliphatic heterocycles. The van der Waals surface area contributed by atoms with Gasteiger partial charge in [0.15, 0.2) is 11.0 Å². The van der Waals surface area contributed by atoms with Crippen LogP contribution in [0.2, 0.25) is 0 Å². The first-order valence-electron chi connectivity index (χ1n) is 7.09. The molecule has 2 rings (SSSR count). The molecule has 1 amide bonds. The van der Waals surface area contributed by atoms with E-state index in [9.17, 15) is 9.18 Å². The van der Waals surface area contributed by atoms with Crippen LogP contribution in [-0.2, 0) is 11.8 Å². The molecule has 5 nitrogen and oxygen atoms in total. The van der Waals surface area contributed by atoms with Gasteiger partial charge in [-0.1, -0.05) is 30.8 Å². The Bertz CT molecular complexity index is 659. The van der Waals surface area contributed by atoms with Gasteiger partial charge in [0, 0.05) is 13.1 Å². The van der Waals surface area contributed by atoms with Crippen LogP contribution in [0.15, 0.2) is 29.4 Å². The highest BCUT2D eigenvalue weighted by Crippen LogP contribution is 2.24. The molecular weight excluding hydrogens is 303 g/mol. The molecule has 0 saturated heterocycles. The minimum Gasteiger partial charge on any atom is -0.353 e. The van der Waals surface area contributed by atoms with Crippen molar-refractivity contribution in [1.82, 2.24) is 20.1 Å². The second-order valence-electron chi connectivity index (χ2n) is 5.01. The maximum Gasteiger partial charge on any atom is 0.230 e. The highest BCUT2D eigenvalue weighted by atomic mass is 32.2. The van der Waals surface area contributed by atoms with Crippen molar-refractivity contribution in [3.63, 3.8) is 0 Å². The molecule has 0 unspecified atom stereocenters. The summed E-state index contributed by atoms with van der Waals surface area (Å²) in [6, 6.07) is 6.57. The van der Waals surface area contributed by atoms with E-state index in [0.29, 0.717) is 16.5 Å². The molecule has 1 atom stereocenters. The van der Waals surface area contributed by atoms with Crippen LogP contribution < -0.4 is 5.32 Å². The molecule has 1 aromatic carbocycles. The lowest BCUT2D eigenvalue weighted by Crippen LogP contribution is -2.33. The number of halogens is 1. The van der Waals surface area contributed by atoms with Crippen LogP contribution in [0.1, 0.15) is 20.3 Å². The first kappa shape index (κ1) is 16.5. The van der Waals surface area contributed by atoms with Crippen molar-refractivity contribution in [3.05, 3.63) is 30.1 Å². The van der Waals surface area contributed by atoms with Crippen molar-refractivity contribution >= 4 is 17.7 Å². The summed E-state index contributed by atoms with van der Waals surface area (Å²) >= 11 is 1.28. The van der Waals surface area contributed by atoms with Gasteiger partial charge in [-0.2, -0.15) is 0 Å². The molecule has 0 saturated carbocycles. The molecule has 0 aliphatic carbocycles. The van der Waals surface area contributed by atoms with Crippen LogP contribution in [-0.4, -0.2) is 32.5 Å². The van der Waals surface area contributed by atoms with E-state index < -0.39 is 0 Å². The number of hydrogen-bond donors (Lipinski definition) is 1. The van der Waals surface area contributed by atoms with Gasteiger partial charge in [0.25, 0.3) is 0 Å². The number of aromatic nitrogens is 3. The Balaban J connectivity index is 2.06. The number of nitrogens with zero attached hydrogens (tertiary/aromatic N) is 3. The zero-order chi connectivity index (χ0) is 16.1. The van der Waals surface area contributed by atoms with Crippen molar-refractivity contribution in [2.24, 2.45) is 7.05 Å². The van der Waals surface area contributed by atoms with Crippen LogP contribution >= 0.6 is 11.8 Å². The van der Waals surface area contributed by atoms with Gasteiger partial charge < -0.3 is 9.88 Å². The summed E-state index contributed by atoms with van der Waals surface area (Å²) < 4.78 is 15.5. The molecule has 1 heterocycles. The molecule has 2 aromatic rings. The molecule has 118 valence electrons. The first-order valence-corrected chi connectivity index (χ1v) is 8.08. The maximum atomic E-state index is 13.8. The van der Waals surface area contributed by atoms with Gasteiger partial charge in [0.2, 0.25) is 5.91 Å². The van der Waals surface area contributed by atoms with E-state index in [1.165, 1.54) is 17.8 Å². The Kier molecular flexibility index (Phi) is 5.54. The van der Waals surface area contributed by atoms with E-state index >= 15 is 0 Å². The van der Waals surface area contributed by atoms with Gasteiger partial charge >= 0.3 is 0 Å². The molecule has 0 bridgehead atoms. The number of thioether (sulfide) groups is 1. The Labute approximate surface area is 133 Å². The average molecular weight is 322 g/mol. The molecule has 22 heavy (non-hydrogen) atoms. The zero-order valence-corrected chi connectivity index (χ0v) is 13.7. The van der Waals surface area contributed by atoms with E-state index in [-0.39, 0.29) is 23.5 Å². The highest BCUT2D eigenvalue weighted by molar-refractivity contribution is 7.99. The predicted molar refractivity (Wildman–Crippen MR) is 85.0 cm³/mol. The summed E-state index contributed by atoms with van der Waals surface area (Å²) in [6.45, 7) is 3.97. The fourth-order valence-electron chi connectivity index (χ4n) is 1.87. The minimum absolute atomic E-state index is 0.0465. The maximum absolute atomic E-state index is 13.8. The van der Waals surface area contributed by atoms with Crippen molar-refractivity contribution in [2.75, 3.05) is 5.75 Å². The van der Waals surface area contributed by atoms with Crippen molar-refractivity contribution in [2.45, 2.75) is 31.5 Å². The van der Waals surface area contributed by atoms with Gasteiger partial charge in [-0.05, 0) is 25.5 Å². The zero-order valence-electron chi connectivity index (χ0n) is 12.8. The van der Waals surface area contributed by atoms with Crippen LogP contribution in [0.4, 0.5) is 4.39 Å². The number of carbonyl (C=O) groups is 1. The second-order valence-corrected chi connectivity index (χ2v) is 5.95. The number of carbonyl (C=O) groups excluding carboxylic acids is 1. The number of hydrogen-bond acceptors (Lipinski definition) is 4. The smallest absolute Gasteiger partial charge is 0.230 e. The first-order chi connectivity index (χ1) is 10.5. The number of nitrogens with one attached hydrogen (secondary N) is 1. The van der Waals surface area contributed by atoms with Crippen LogP contribution in [0.5, 0.6) is 0 Å². The summed E-state index contributed by atoms with van der Waals surface area (Å²) in [5.74, 6) is 0.315. The third kappa shape index (κ3) is 3.85. The van der Waals surface area contributed by atoms with Gasteiger partial charge in [0.1, 0.15) is 5.82 Å². The lowest BCUT2D eigenvalue weighted by Gasteiger charge is -2.10. The third-order valence-corrected chi connectivity index (χ3v) is 4.32. The molecule has 0 spiro atoms. The Morgan fingerprint density at radius 1 is 1.41 bits per heavy atom. The summed E-state index contributed by atoms with van der Waals surface area (Å²) in [4.78, 5) is 11.8. The summed E-state index contributed by atoms with van der Waals surface area (Å²) in [7, 11) is 1.76. The Morgan fingerprint density at radius 2 is 2.14 bits per heavy atom. The summed E-state index contributed by atoms with van der Waals surface area (Å²) in [5, 5.41) is 11.5. The standard InChI is InChI=1S/C15H19FN4OS/c1-4-10(2)17-13(21)9-22-15-19-18-14(20(15)3)11-7-5-6-8-12(11)16/h5-8,10H,4,9H2,1-3H3,(H,17,21)/t10-/m1/s1. The molecule has 1 aromatic heterocycles. The molecule has 0 aliphatic rings. The summed E-state index contributed by atoms with van der Waals surface area (Å²) in [6.07, 6.45) is 0.887. The largest absolute Gasteiger partial charge is 0.353 e. The lowest BCUT2D eigenvalue weighted by atomic mass is 10.2. The van der Waals surface area contributed by atoms with E-state index in [0.717, 1.165) is 6.42 Å².